The summed E-state index contributed by atoms with van der Waals surface area (Å²) in [5, 5.41) is 3.57. The van der Waals surface area contributed by atoms with Gasteiger partial charge in [-0.05, 0) is 273 Å². The molecule has 2 spiro atoms. The van der Waals surface area contributed by atoms with E-state index in [-0.39, 0.29) is 27.1 Å². The Kier molecular flexibility index (Phi) is 17.9. The zero-order chi connectivity index (χ0) is 85.2. The van der Waals surface area contributed by atoms with Gasteiger partial charge in [-0.25, -0.2) is 0 Å². The van der Waals surface area contributed by atoms with E-state index in [2.05, 4.69) is 447 Å². The van der Waals surface area contributed by atoms with Crippen LogP contribution in [-0.4, -0.2) is 0 Å². The number of fused-ring (bicyclic) bond motifs is 26. The molecular weight excluding hydrogens is 1530 g/mol. The van der Waals surface area contributed by atoms with E-state index in [1.807, 2.05) is 27.7 Å². The fourth-order valence-electron chi connectivity index (χ4n) is 21.1. The van der Waals surface area contributed by atoms with Gasteiger partial charge in [0.2, 0.25) is 0 Å². The molecule has 0 saturated heterocycles. The number of hydrogen-bond acceptors (Lipinski definition) is 2. The highest BCUT2D eigenvalue weighted by Gasteiger charge is 2.54. The Labute approximate surface area is 727 Å². The van der Waals surface area contributed by atoms with Crippen LogP contribution in [-0.2, 0) is 32.5 Å². The van der Waals surface area contributed by atoms with E-state index in [1.165, 1.54) is 156 Å². The molecule has 2 atom stereocenters. The first kappa shape index (κ1) is 74.9. The molecule has 0 bridgehead atoms. The molecule has 0 aromatic heterocycles. The summed E-state index contributed by atoms with van der Waals surface area (Å²) in [5.74, 6) is -1.21. The minimum atomic E-state index is -0.637. The van der Waals surface area contributed by atoms with E-state index in [0.717, 1.165) is 55.2 Å². The van der Waals surface area contributed by atoms with E-state index in [4.69, 9.17) is 2.74 Å². The molecule has 6 aliphatic rings. The van der Waals surface area contributed by atoms with Crippen LogP contribution < -0.4 is 10.2 Å². The van der Waals surface area contributed by atoms with Crippen LogP contribution in [0.5, 0.6) is 0 Å². The highest BCUT2D eigenvalue weighted by Crippen LogP contribution is 2.66. The Hall–Kier alpha value is -12.4. The second-order valence-corrected chi connectivity index (χ2v) is 38.6. The normalized spacial score (nSPS) is 16.5. The standard InChI is InChI=1S/C59H51N.C30H29N.C29H23Br/c1-37(2)38-20-22-39(23-21-38)40-24-27-42(28-25-40)60(43-30-33-52-50(35-43)47-16-8-11-17-51(47)58(52,6)7)44-29-32-49-46-15-10-13-19-54(46)59(56(49)36-44)53-18-12-9-14-45(53)48-31-26-41(34-55(48)59)57(3,4)5;1-20(2)21-9-11-22(12-10-21)23-13-15-24(16-14-23)31-25-17-18-29-27(19-25)26-7-5-6-8-28(26)30(29,3)4;1-28(2,3)18-12-14-22-20-8-4-6-10-24(20)29(26(22)16-18)25-11-7-5-9-21(25)23-15-13-19(30)17-27(23)29/h8-37H,1-7H3;5-20,31H,1-4H3;4-17H,1-3H3/i37D;20D;. The van der Waals surface area contributed by atoms with Crippen molar-refractivity contribution in [2.75, 3.05) is 10.2 Å². The lowest BCUT2D eigenvalue weighted by Crippen LogP contribution is -2.27. The summed E-state index contributed by atoms with van der Waals surface area (Å²) in [5.41, 5.74) is 46.8. The van der Waals surface area contributed by atoms with Crippen molar-refractivity contribution in [3.05, 3.63) is 445 Å². The maximum absolute atomic E-state index is 8.53. The quantitative estimate of drug-likeness (QED) is 0.155. The van der Waals surface area contributed by atoms with Crippen molar-refractivity contribution in [2.24, 2.45) is 0 Å². The molecule has 6 aliphatic carbocycles. The number of nitrogens with zero attached hydrogens (tertiary/aromatic N) is 1. The van der Waals surface area contributed by atoms with Crippen LogP contribution >= 0.6 is 15.9 Å². The summed E-state index contributed by atoms with van der Waals surface area (Å²) in [4.78, 5) is 2.47. The Morgan fingerprint density at radius 3 is 0.967 bits per heavy atom. The number of nitrogens with one attached hydrogen (secondary N) is 1. The van der Waals surface area contributed by atoms with Gasteiger partial charge in [0.15, 0.2) is 0 Å². The van der Waals surface area contributed by atoms with Gasteiger partial charge < -0.3 is 10.2 Å². The summed E-state index contributed by atoms with van der Waals surface area (Å²) in [6, 6.07) is 130. The lowest BCUT2D eigenvalue weighted by molar-refractivity contribution is 0.588. The lowest BCUT2D eigenvalue weighted by Gasteiger charge is -2.33. The second-order valence-electron chi connectivity index (χ2n) is 37.7. The summed E-state index contributed by atoms with van der Waals surface area (Å²) in [6.45, 7) is 30.9. The molecule has 592 valence electrons. The molecule has 16 aromatic rings. The molecule has 0 fully saturated rings. The predicted molar refractivity (Wildman–Crippen MR) is 516 cm³/mol. The van der Waals surface area contributed by atoms with Crippen molar-refractivity contribution in [2.45, 2.75) is 141 Å². The molecule has 1 N–H and O–H groups in total. The van der Waals surface area contributed by atoms with E-state index in [0.29, 0.717) is 0 Å². The molecule has 2 nitrogen and oxygen atoms in total. The maximum atomic E-state index is 8.53. The predicted octanol–water partition coefficient (Wildman–Crippen LogP) is 32.5. The average Bonchev–Trinajstić information content (AvgIpc) is 1.51. The van der Waals surface area contributed by atoms with Crippen LogP contribution in [0.15, 0.2) is 356 Å². The van der Waals surface area contributed by atoms with Crippen LogP contribution in [0.2, 0.25) is 0 Å². The SMILES string of the molecule is CC(C)(C)c1ccc2c(c1)C1(c3ccccc3-c3ccc(Br)cc31)c1ccccc1-2.[2H]C(C)(C)c1ccc(-c2ccc(N(c3ccc4c(c3)-c3ccccc3C4(C)C)c3ccc4c(c3)C3(c5ccccc5-4)c4ccccc4-c4ccc(C(C)(C)C)cc43)cc2)cc1.[2H]C(C)(C)c1ccc(-c2ccc(Nc3ccc4c(c3)-c3ccccc3C4(C)C)cc2)cc1. The van der Waals surface area contributed by atoms with Gasteiger partial charge in [-0.2, -0.15) is 0 Å². The largest absolute Gasteiger partial charge is 0.356 e. The van der Waals surface area contributed by atoms with Crippen molar-refractivity contribution in [3.63, 3.8) is 0 Å². The molecule has 16 aromatic carbocycles. The molecule has 0 radical (unpaired) electrons. The fraction of sp³-hybridized carbons (Fsp3) is 0.186. The molecule has 121 heavy (non-hydrogen) atoms. The summed E-state index contributed by atoms with van der Waals surface area (Å²) < 4.78 is 17.8. The molecule has 0 saturated carbocycles. The highest BCUT2D eigenvalue weighted by molar-refractivity contribution is 9.10. The Morgan fingerprint density at radius 2 is 0.554 bits per heavy atom. The average molecular weight is 1630 g/mol. The first-order valence-corrected chi connectivity index (χ1v) is 43.8. The van der Waals surface area contributed by atoms with Crippen LogP contribution in [0.4, 0.5) is 28.4 Å². The van der Waals surface area contributed by atoms with Gasteiger partial charge >= 0.3 is 0 Å². The van der Waals surface area contributed by atoms with E-state index < -0.39 is 17.2 Å². The highest BCUT2D eigenvalue weighted by atomic mass is 79.9. The Bertz CT molecular complexity index is 6910. The van der Waals surface area contributed by atoms with Crippen molar-refractivity contribution in [1.29, 1.82) is 0 Å². The van der Waals surface area contributed by atoms with Crippen LogP contribution in [0, 0.1) is 0 Å². The van der Waals surface area contributed by atoms with Gasteiger partial charge in [-0.3, -0.25) is 0 Å². The molecular formula is C118H103BrN2. The Balaban J connectivity index is 0.000000130. The Morgan fingerprint density at radius 1 is 0.264 bits per heavy atom. The van der Waals surface area contributed by atoms with Crippen molar-refractivity contribution in [3.8, 4) is 89.0 Å². The third-order valence-electron chi connectivity index (χ3n) is 27.4. The van der Waals surface area contributed by atoms with E-state index in [9.17, 15) is 0 Å². The fourth-order valence-corrected chi connectivity index (χ4v) is 21.5. The molecule has 2 unspecified atom stereocenters. The number of hydrogen-bond donors (Lipinski definition) is 1. The van der Waals surface area contributed by atoms with Crippen LogP contribution in [0.3, 0.4) is 0 Å². The van der Waals surface area contributed by atoms with Gasteiger partial charge in [0.1, 0.15) is 0 Å². The first-order valence-electron chi connectivity index (χ1n) is 44.0. The third kappa shape index (κ3) is 12.4. The van der Waals surface area contributed by atoms with Gasteiger partial charge in [-0.1, -0.05) is 392 Å². The number of benzene rings is 16. The van der Waals surface area contributed by atoms with Crippen molar-refractivity contribution in [1.82, 2.24) is 0 Å². The van der Waals surface area contributed by atoms with E-state index >= 15 is 0 Å². The summed E-state index contributed by atoms with van der Waals surface area (Å²) in [7, 11) is 0. The molecule has 0 heterocycles. The zero-order valence-corrected chi connectivity index (χ0v) is 73.4. The minimum absolute atomic E-state index is 0.00222. The molecule has 0 amide bonds. The number of anilines is 5. The monoisotopic (exact) mass is 1630 g/mol. The first-order chi connectivity index (χ1) is 58.9. The van der Waals surface area contributed by atoms with Crippen LogP contribution in [0.1, 0.15) is 200 Å². The maximum Gasteiger partial charge on any atom is 0.0726 e. The summed E-state index contributed by atoms with van der Waals surface area (Å²) >= 11 is 3.77. The van der Waals surface area contributed by atoms with E-state index in [1.54, 1.807) is 0 Å². The van der Waals surface area contributed by atoms with Gasteiger partial charge in [0.25, 0.3) is 0 Å². The van der Waals surface area contributed by atoms with Gasteiger partial charge in [-0.15, -0.1) is 0 Å². The third-order valence-corrected chi connectivity index (χ3v) is 27.9. The minimum Gasteiger partial charge on any atom is -0.356 e. The zero-order valence-electron chi connectivity index (χ0n) is 73.8. The lowest BCUT2D eigenvalue weighted by atomic mass is 9.69. The van der Waals surface area contributed by atoms with Crippen molar-refractivity contribution >= 4 is 44.4 Å². The van der Waals surface area contributed by atoms with Crippen LogP contribution in [0.25, 0.3) is 89.0 Å². The second kappa shape index (κ2) is 28.9. The van der Waals surface area contributed by atoms with Crippen molar-refractivity contribution < 1.29 is 2.74 Å². The molecule has 3 heteroatoms. The topological polar surface area (TPSA) is 15.3 Å². The van der Waals surface area contributed by atoms with Gasteiger partial charge in [0.05, 0.1) is 10.8 Å². The smallest absolute Gasteiger partial charge is 0.0726 e. The number of halogens is 1. The van der Waals surface area contributed by atoms with Gasteiger partial charge in [0, 0.05) is 46.5 Å². The molecule has 22 rings (SSSR count). The summed E-state index contributed by atoms with van der Waals surface area (Å²) in [6.07, 6.45) is 0. The molecule has 0 aliphatic heterocycles. The number of rotatable bonds is 9.